The zero-order valence-corrected chi connectivity index (χ0v) is 18.3. The SMILES string of the molecule is CCN(CC)S(=O)(=O)c1ccc(NN=C(C)c2cc(Cl)ccc2Cl)c([N+](=O)[O-])c1. The van der Waals surface area contributed by atoms with Crippen molar-refractivity contribution in [3.63, 3.8) is 0 Å². The van der Waals surface area contributed by atoms with Gasteiger partial charge in [0.15, 0.2) is 0 Å². The van der Waals surface area contributed by atoms with E-state index in [0.29, 0.717) is 21.3 Å². The van der Waals surface area contributed by atoms with Gasteiger partial charge in [-0.3, -0.25) is 15.5 Å². The molecule has 0 saturated carbocycles. The highest BCUT2D eigenvalue weighted by Crippen LogP contribution is 2.29. The maximum Gasteiger partial charge on any atom is 0.295 e. The molecule has 0 amide bonds. The third-order valence-corrected chi connectivity index (χ3v) is 6.78. The molecule has 0 aromatic heterocycles. The number of hydrogen-bond acceptors (Lipinski definition) is 6. The summed E-state index contributed by atoms with van der Waals surface area (Å²) in [6.07, 6.45) is 0. The molecule has 8 nitrogen and oxygen atoms in total. The predicted octanol–water partition coefficient (Wildman–Crippen LogP) is 4.77. The smallest absolute Gasteiger partial charge is 0.271 e. The number of rotatable bonds is 8. The molecular formula is C18H20Cl2N4O4S. The van der Waals surface area contributed by atoms with Gasteiger partial charge < -0.3 is 0 Å². The summed E-state index contributed by atoms with van der Waals surface area (Å²) in [5, 5.41) is 16.5. The molecule has 2 rings (SSSR count). The van der Waals surface area contributed by atoms with Crippen LogP contribution in [0.15, 0.2) is 46.4 Å². The summed E-state index contributed by atoms with van der Waals surface area (Å²) in [4.78, 5) is 10.7. The lowest BCUT2D eigenvalue weighted by Crippen LogP contribution is -2.30. The zero-order valence-electron chi connectivity index (χ0n) is 16.0. The fraction of sp³-hybridized carbons (Fsp3) is 0.278. The Labute approximate surface area is 179 Å². The van der Waals surface area contributed by atoms with E-state index >= 15 is 0 Å². The summed E-state index contributed by atoms with van der Waals surface area (Å²) in [5.74, 6) is 0. The Bertz CT molecular complexity index is 1050. The lowest BCUT2D eigenvalue weighted by molar-refractivity contribution is -0.384. The highest BCUT2D eigenvalue weighted by atomic mass is 35.5. The van der Waals surface area contributed by atoms with Crippen molar-refractivity contribution >= 4 is 50.3 Å². The van der Waals surface area contributed by atoms with Gasteiger partial charge in [-0.2, -0.15) is 9.41 Å². The molecule has 0 aliphatic rings. The van der Waals surface area contributed by atoms with Crippen LogP contribution in [0.5, 0.6) is 0 Å². The minimum absolute atomic E-state index is 0.0472. The molecule has 0 saturated heterocycles. The van der Waals surface area contributed by atoms with Crippen LogP contribution in [0.3, 0.4) is 0 Å². The average molecular weight is 459 g/mol. The van der Waals surface area contributed by atoms with E-state index in [2.05, 4.69) is 10.5 Å². The van der Waals surface area contributed by atoms with Gasteiger partial charge in [0.1, 0.15) is 5.69 Å². The Balaban J connectivity index is 2.42. The largest absolute Gasteiger partial charge is 0.295 e. The quantitative estimate of drug-likeness (QED) is 0.348. The van der Waals surface area contributed by atoms with Crippen LogP contribution in [0, 0.1) is 10.1 Å². The minimum Gasteiger partial charge on any atom is -0.271 e. The highest BCUT2D eigenvalue weighted by Gasteiger charge is 2.25. The Kier molecular flexibility index (Phi) is 7.59. The average Bonchev–Trinajstić information content (AvgIpc) is 2.68. The molecule has 29 heavy (non-hydrogen) atoms. The Hall–Kier alpha value is -2.20. The van der Waals surface area contributed by atoms with Crippen LogP contribution in [-0.2, 0) is 10.0 Å². The van der Waals surface area contributed by atoms with Gasteiger partial charge in [-0.1, -0.05) is 37.0 Å². The van der Waals surface area contributed by atoms with Crippen LogP contribution < -0.4 is 5.43 Å². The van der Waals surface area contributed by atoms with Crippen LogP contribution >= 0.6 is 23.2 Å². The highest BCUT2D eigenvalue weighted by molar-refractivity contribution is 7.89. The fourth-order valence-electron chi connectivity index (χ4n) is 2.61. The number of hydrogen-bond donors (Lipinski definition) is 1. The molecule has 0 spiro atoms. The molecule has 2 aromatic rings. The molecule has 0 radical (unpaired) electrons. The molecule has 0 aliphatic heterocycles. The van der Waals surface area contributed by atoms with Gasteiger partial charge in [0.05, 0.1) is 15.5 Å². The Morgan fingerprint density at radius 3 is 2.41 bits per heavy atom. The first-order valence-corrected chi connectivity index (χ1v) is 10.9. The Morgan fingerprint density at radius 1 is 1.17 bits per heavy atom. The van der Waals surface area contributed by atoms with E-state index in [1.54, 1.807) is 39.0 Å². The second kappa shape index (κ2) is 9.53. The minimum atomic E-state index is -3.83. The van der Waals surface area contributed by atoms with Crippen molar-refractivity contribution in [1.82, 2.24) is 4.31 Å². The van der Waals surface area contributed by atoms with Crippen LogP contribution in [0.2, 0.25) is 10.0 Å². The number of nitrogens with zero attached hydrogens (tertiary/aromatic N) is 3. The number of sulfonamides is 1. The van der Waals surface area contributed by atoms with Crippen molar-refractivity contribution in [3.8, 4) is 0 Å². The second-order valence-corrected chi connectivity index (χ2v) is 8.74. The molecule has 0 atom stereocenters. The van der Waals surface area contributed by atoms with Crippen LogP contribution in [0.1, 0.15) is 26.3 Å². The van der Waals surface area contributed by atoms with Crippen LogP contribution in [-0.4, -0.2) is 36.4 Å². The zero-order chi connectivity index (χ0) is 21.8. The molecule has 1 N–H and O–H groups in total. The number of halogens is 2. The van der Waals surface area contributed by atoms with Crippen molar-refractivity contribution in [3.05, 3.63) is 62.1 Å². The number of anilines is 1. The van der Waals surface area contributed by atoms with Gasteiger partial charge in [-0.15, -0.1) is 0 Å². The summed E-state index contributed by atoms with van der Waals surface area (Å²) in [7, 11) is -3.83. The van der Waals surface area contributed by atoms with Gasteiger partial charge in [0.2, 0.25) is 10.0 Å². The molecule has 11 heteroatoms. The lowest BCUT2D eigenvalue weighted by atomic mass is 10.1. The number of nitro benzene ring substituents is 1. The molecular weight excluding hydrogens is 439 g/mol. The third-order valence-electron chi connectivity index (χ3n) is 4.17. The standard InChI is InChI=1S/C18H20Cl2N4O4S/c1-4-23(5-2)29(27,28)14-7-9-17(18(11-14)24(25)26)22-21-12(3)15-10-13(19)6-8-16(15)20/h6-11,22H,4-5H2,1-3H3. The number of nitro groups is 1. The summed E-state index contributed by atoms with van der Waals surface area (Å²) in [6.45, 7) is 5.58. The predicted molar refractivity (Wildman–Crippen MR) is 115 cm³/mol. The first-order valence-electron chi connectivity index (χ1n) is 8.66. The maximum atomic E-state index is 12.6. The summed E-state index contributed by atoms with van der Waals surface area (Å²) in [5.41, 5.74) is 3.26. The topological polar surface area (TPSA) is 105 Å². The van der Waals surface area contributed by atoms with Crippen molar-refractivity contribution < 1.29 is 13.3 Å². The van der Waals surface area contributed by atoms with Gasteiger partial charge in [-0.05, 0) is 37.3 Å². The Morgan fingerprint density at radius 2 is 1.83 bits per heavy atom. The van der Waals surface area contributed by atoms with Crippen molar-refractivity contribution in [2.45, 2.75) is 25.7 Å². The molecule has 0 bridgehead atoms. The van der Waals surface area contributed by atoms with Gasteiger partial charge in [0.25, 0.3) is 5.69 Å². The number of hydrazone groups is 1. The van der Waals surface area contributed by atoms with Crippen LogP contribution in [0.4, 0.5) is 11.4 Å². The van der Waals surface area contributed by atoms with E-state index in [-0.39, 0.29) is 23.7 Å². The fourth-order valence-corrected chi connectivity index (χ4v) is 4.51. The first-order chi connectivity index (χ1) is 13.6. The van der Waals surface area contributed by atoms with E-state index < -0.39 is 20.6 Å². The summed E-state index contributed by atoms with van der Waals surface area (Å²) >= 11 is 12.1. The molecule has 2 aromatic carbocycles. The summed E-state index contributed by atoms with van der Waals surface area (Å²) in [6, 6.07) is 8.51. The molecule has 0 fully saturated rings. The van der Waals surface area contributed by atoms with Crippen molar-refractivity contribution in [2.24, 2.45) is 5.10 Å². The number of benzene rings is 2. The van der Waals surface area contributed by atoms with Crippen molar-refractivity contribution in [1.29, 1.82) is 0 Å². The molecule has 0 aliphatic carbocycles. The number of nitrogens with one attached hydrogen (secondary N) is 1. The van der Waals surface area contributed by atoms with E-state index in [9.17, 15) is 18.5 Å². The summed E-state index contributed by atoms with van der Waals surface area (Å²) < 4.78 is 26.5. The van der Waals surface area contributed by atoms with Crippen molar-refractivity contribution in [2.75, 3.05) is 18.5 Å². The second-order valence-electron chi connectivity index (χ2n) is 5.96. The molecule has 156 valence electrons. The lowest BCUT2D eigenvalue weighted by Gasteiger charge is -2.18. The molecule has 0 unspecified atom stereocenters. The van der Waals surface area contributed by atoms with E-state index in [4.69, 9.17) is 23.2 Å². The normalized spacial score (nSPS) is 12.3. The van der Waals surface area contributed by atoms with E-state index in [0.717, 1.165) is 6.07 Å². The maximum absolute atomic E-state index is 12.6. The van der Waals surface area contributed by atoms with Crippen LogP contribution in [0.25, 0.3) is 0 Å². The van der Waals surface area contributed by atoms with Gasteiger partial charge in [0, 0.05) is 34.8 Å². The van der Waals surface area contributed by atoms with Gasteiger partial charge in [-0.25, -0.2) is 8.42 Å². The molecule has 0 heterocycles. The third kappa shape index (κ3) is 5.24. The van der Waals surface area contributed by atoms with Gasteiger partial charge >= 0.3 is 0 Å². The van der Waals surface area contributed by atoms with E-state index in [1.165, 1.54) is 16.4 Å². The monoisotopic (exact) mass is 458 g/mol. The van der Waals surface area contributed by atoms with E-state index in [1.807, 2.05) is 0 Å². The first kappa shape index (κ1) is 23.1.